The van der Waals surface area contributed by atoms with Gasteiger partial charge in [-0.25, -0.2) is 4.98 Å². The Morgan fingerprint density at radius 2 is 1.82 bits per heavy atom. The molecule has 4 rings (SSSR count). The number of hydrogen-bond donors (Lipinski definition) is 1. The molecule has 1 saturated heterocycles. The van der Waals surface area contributed by atoms with Gasteiger partial charge in [-0.2, -0.15) is 0 Å². The second-order valence-electron chi connectivity index (χ2n) is 6.62. The van der Waals surface area contributed by atoms with Gasteiger partial charge in [-0.05, 0) is 55.3 Å². The number of likely N-dealkylation sites (tertiary alicyclic amines) is 1. The van der Waals surface area contributed by atoms with Crippen molar-refractivity contribution in [2.75, 3.05) is 18.4 Å². The first-order valence-electron chi connectivity index (χ1n) is 9.13. The Morgan fingerprint density at radius 1 is 1.07 bits per heavy atom. The van der Waals surface area contributed by atoms with E-state index in [2.05, 4.69) is 10.3 Å². The van der Waals surface area contributed by atoms with Crippen LogP contribution < -0.4 is 5.32 Å². The minimum absolute atomic E-state index is 0.0394. The van der Waals surface area contributed by atoms with Gasteiger partial charge in [0.15, 0.2) is 5.15 Å². The van der Waals surface area contributed by atoms with Crippen LogP contribution >= 0.6 is 11.6 Å². The summed E-state index contributed by atoms with van der Waals surface area (Å²) in [6, 6.07) is 12.5. The van der Waals surface area contributed by atoms with Gasteiger partial charge in [0.1, 0.15) is 5.65 Å². The number of fused-ring (bicyclic) bond motifs is 1. The molecule has 3 aromatic rings. The molecule has 1 aliphatic heterocycles. The van der Waals surface area contributed by atoms with E-state index in [0.717, 1.165) is 25.9 Å². The van der Waals surface area contributed by atoms with Crippen molar-refractivity contribution in [3.05, 3.63) is 71.1 Å². The van der Waals surface area contributed by atoms with Gasteiger partial charge in [0, 0.05) is 36.6 Å². The molecular weight excluding hydrogens is 376 g/mol. The number of aromatic nitrogens is 2. The van der Waals surface area contributed by atoms with Crippen LogP contribution in [0.1, 0.15) is 28.9 Å². The molecule has 0 spiro atoms. The number of amides is 2. The van der Waals surface area contributed by atoms with Crippen molar-refractivity contribution in [3.8, 4) is 0 Å². The molecule has 142 valence electrons. The maximum Gasteiger partial charge on any atom is 0.253 e. The van der Waals surface area contributed by atoms with Crippen LogP contribution in [0.4, 0.5) is 5.69 Å². The van der Waals surface area contributed by atoms with Crippen molar-refractivity contribution >= 4 is 40.8 Å². The van der Waals surface area contributed by atoms with Crippen LogP contribution in [0.25, 0.3) is 11.7 Å². The molecule has 0 saturated carbocycles. The van der Waals surface area contributed by atoms with Gasteiger partial charge in [-0.1, -0.05) is 17.7 Å². The molecule has 2 amide bonds. The Kier molecular flexibility index (Phi) is 5.12. The van der Waals surface area contributed by atoms with Crippen molar-refractivity contribution in [1.82, 2.24) is 14.3 Å². The highest BCUT2D eigenvalue weighted by atomic mass is 35.5. The summed E-state index contributed by atoms with van der Waals surface area (Å²) >= 11 is 6.16. The average molecular weight is 395 g/mol. The number of hydrogen-bond acceptors (Lipinski definition) is 3. The maximum atomic E-state index is 12.4. The molecular formula is C21H19ClN4O2. The van der Waals surface area contributed by atoms with Crippen LogP contribution in [-0.2, 0) is 4.79 Å². The molecule has 3 heterocycles. The molecule has 2 aromatic heterocycles. The van der Waals surface area contributed by atoms with E-state index in [1.165, 1.54) is 6.08 Å². The fraction of sp³-hybridized carbons (Fsp3) is 0.190. The maximum absolute atomic E-state index is 12.4. The SMILES string of the molecule is O=C(/C=C/c1c(Cl)nc2ccccn12)Nc1ccc(C(=O)N2CCCC2)cc1. The summed E-state index contributed by atoms with van der Waals surface area (Å²) in [5, 5.41) is 3.12. The minimum Gasteiger partial charge on any atom is -0.339 e. The number of benzene rings is 1. The van der Waals surface area contributed by atoms with Crippen LogP contribution in [0.15, 0.2) is 54.7 Å². The largest absolute Gasteiger partial charge is 0.339 e. The summed E-state index contributed by atoms with van der Waals surface area (Å²) in [6.07, 6.45) is 6.99. The van der Waals surface area contributed by atoms with Gasteiger partial charge in [0.2, 0.25) is 5.91 Å². The van der Waals surface area contributed by atoms with Crippen LogP contribution in [0.2, 0.25) is 5.15 Å². The van der Waals surface area contributed by atoms with E-state index in [9.17, 15) is 9.59 Å². The normalized spacial score (nSPS) is 14.1. The number of imidazole rings is 1. The van der Waals surface area contributed by atoms with E-state index < -0.39 is 0 Å². The first-order chi connectivity index (χ1) is 13.6. The predicted molar refractivity (Wildman–Crippen MR) is 109 cm³/mol. The van der Waals surface area contributed by atoms with E-state index >= 15 is 0 Å². The lowest BCUT2D eigenvalue weighted by atomic mass is 10.2. The van der Waals surface area contributed by atoms with E-state index in [1.807, 2.05) is 33.7 Å². The summed E-state index contributed by atoms with van der Waals surface area (Å²) in [6.45, 7) is 1.63. The topological polar surface area (TPSA) is 66.7 Å². The number of carbonyl (C=O) groups excluding carboxylic acids is 2. The Hall–Kier alpha value is -3.12. The number of nitrogens with zero attached hydrogens (tertiary/aromatic N) is 3. The predicted octanol–water partition coefficient (Wildman–Crippen LogP) is 3.88. The summed E-state index contributed by atoms with van der Waals surface area (Å²) in [7, 11) is 0. The molecule has 1 fully saturated rings. The second kappa shape index (κ2) is 7.86. The van der Waals surface area contributed by atoms with E-state index in [4.69, 9.17) is 11.6 Å². The number of anilines is 1. The number of halogens is 1. The van der Waals surface area contributed by atoms with E-state index in [1.54, 1.807) is 30.3 Å². The molecule has 6 nitrogen and oxygen atoms in total. The fourth-order valence-electron chi connectivity index (χ4n) is 3.27. The molecule has 0 radical (unpaired) electrons. The molecule has 0 atom stereocenters. The highest BCUT2D eigenvalue weighted by Gasteiger charge is 2.19. The molecule has 1 aliphatic rings. The van der Waals surface area contributed by atoms with Gasteiger partial charge in [0.25, 0.3) is 5.91 Å². The number of nitrogens with one attached hydrogen (secondary N) is 1. The van der Waals surface area contributed by atoms with E-state index in [-0.39, 0.29) is 11.8 Å². The number of pyridine rings is 1. The van der Waals surface area contributed by atoms with Crippen molar-refractivity contribution in [1.29, 1.82) is 0 Å². The van der Waals surface area contributed by atoms with E-state index in [0.29, 0.717) is 27.7 Å². The molecule has 1 N–H and O–H groups in total. The van der Waals surface area contributed by atoms with Gasteiger partial charge < -0.3 is 10.2 Å². The summed E-state index contributed by atoms with van der Waals surface area (Å²) in [4.78, 5) is 30.7. The Morgan fingerprint density at radius 3 is 2.57 bits per heavy atom. The Balaban J connectivity index is 1.42. The molecule has 7 heteroatoms. The first-order valence-corrected chi connectivity index (χ1v) is 9.50. The zero-order chi connectivity index (χ0) is 19.5. The average Bonchev–Trinajstić information content (AvgIpc) is 3.34. The lowest BCUT2D eigenvalue weighted by Gasteiger charge is -2.15. The minimum atomic E-state index is -0.291. The fourth-order valence-corrected chi connectivity index (χ4v) is 3.51. The lowest BCUT2D eigenvalue weighted by Crippen LogP contribution is -2.27. The van der Waals surface area contributed by atoms with Gasteiger partial charge >= 0.3 is 0 Å². The quantitative estimate of drug-likeness (QED) is 0.683. The standard InChI is InChI=1S/C21H19ClN4O2/c22-20-17(26-14-2-1-5-18(26)24-20)10-11-19(27)23-16-8-6-15(7-9-16)21(28)25-12-3-4-13-25/h1-2,5-11,14H,3-4,12-13H2,(H,23,27)/b11-10+. The molecule has 1 aromatic carbocycles. The molecule has 0 bridgehead atoms. The van der Waals surface area contributed by atoms with Crippen LogP contribution in [0, 0.1) is 0 Å². The summed E-state index contributed by atoms with van der Waals surface area (Å²) in [5.74, 6) is -0.252. The summed E-state index contributed by atoms with van der Waals surface area (Å²) in [5.41, 5.74) is 2.61. The summed E-state index contributed by atoms with van der Waals surface area (Å²) < 4.78 is 1.81. The zero-order valence-corrected chi connectivity index (χ0v) is 15.9. The third kappa shape index (κ3) is 3.77. The van der Waals surface area contributed by atoms with Gasteiger partial charge in [-0.3, -0.25) is 14.0 Å². The smallest absolute Gasteiger partial charge is 0.253 e. The van der Waals surface area contributed by atoms with Crippen LogP contribution in [0.3, 0.4) is 0 Å². The third-order valence-electron chi connectivity index (χ3n) is 4.71. The van der Waals surface area contributed by atoms with Crippen molar-refractivity contribution in [2.45, 2.75) is 12.8 Å². The van der Waals surface area contributed by atoms with Crippen molar-refractivity contribution in [2.24, 2.45) is 0 Å². The van der Waals surface area contributed by atoms with Crippen molar-refractivity contribution < 1.29 is 9.59 Å². The number of rotatable bonds is 4. The van der Waals surface area contributed by atoms with Crippen molar-refractivity contribution in [3.63, 3.8) is 0 Å². The Bertz CT molecular complexity index is 1050. The monoisotopic (exact) mass is 394 g/mol. The van der Waals surface area contributed by atoms with Gasteiger partial charge in [-0.15, -0.1) is 0 Å². The highest BCUT2D eigenvalue weighted by Crippen LogP contribution is 2.19. The molecule has 0 unspecified atom stereocenters. The van der Waals surface area contributed by atoms with Crippen LogP contribution in [-0.4, -0.2) is 39.2 Å². The molecule has 28 heavy (non-hydrogen) atoms. The lowest BCUT2D eigenvalue weighted by molar-refractivity contribution is -0.111. The van der Waals surface area contributed by atoms with Crippen LogP contribution in [0.5, 0.6) is 0 Å². The number of carbonyl (C=O) groups is 2. The molecule has 0 aliphatic carbocycles. The third-order valence-corrected chi connectivity index (χ3v) is 4.99. The zero-order valence-electron chi connectivity index (χ0n) is 15.1. The van der Waals surface area contributed by atoms with Gasteiger partial charge in [0.05, 0.1) is 5.69 Å². The first kappa shape index (κ1) is 18.3. The second-order valence-corrected chi connectivity index (χ2v) is 6.97. The highest BCUT2D eigenvalue weighted by molar-refractivity contribution is 6.31. The Labute approximate surface area is 167 Å².